The molecule has 0 aliphatic heterocycles. The Kier molecular flexibility index (Phi) is 8.68. The van der Waals surface area contributed by atoms with Crippen molar-refractivity contribution in [2.45, 2.75) is 32.3 Å². The van der Waals surface area contributed by atoms with Gasteiger partial charge in [0, 0.05) is 19.5 Å². The van der Waals surface area contributed by atoms with Gasteiger partial charge in [0.2, 0.25) is 0 Å². The summed E-state index contributed by atoms with van der Waals surface area (Å²) in [4.78, 5) is 4.45. The lowest BCUT2D eigenvalue weighted by Gasteiger charge is -2.13. The first-order valence-corrected chi connectivity index (χ1v) is 7.52. The van der Waals surface area contributed by atoms with Crippen molar-refractivity contribution in [3.05, 3.63) is 35.9 Å². The zero-order chi connectivity index (χ0) is 14.2. The first-order valence-electron chi connectivity index (χ1n) is 7.52. The number of nitrogens with zero attached hydrogens (tertiary/aromatic N) is 1. The van der Waals surface area contributed by atoms with Gasteiger partial charge in [0.1, 0.15) is 0 Å². The van der Waals surface area contributed by atoms with Gasteiger partial charge in [0.05, 0.1) is 12.6 Å². The smallest absolute Gasteiger partial charge is 0.191 e. The second-order valence-electron chi connectivity index (χ2n) is 5.39. The van der Waals surface area contributed by atoms with Crippen molar-refractivity contribution in [2.24, 2.45) is 10.9 Å². The molecule has 1 aliphatic carbocycles. The third-order valence-corrected chi connectivity index (χ3v) is 3.37. The molecular formula is C16H26IN3O. The third-order valence-electron chi connectivity index (χ3n) is 3.37. The highest BCUT2D eigenvalue weighted by Crippen LogP contribution is 2.27. The summed E-state index contributed by atoms with van der Waals surface area (Å²) in [6.45, 7) is 4.30. The molecule has 1 fully saturated rings. The molecule has 0 amide bonds. The number of aliphatic hydroxyl groups is 1. The molecule has 21 heavy (non-hydrogen) atoms. The number of hydrogen-bond donors (Lipinski definition) is 3. The summed E-state index contributed by atoms with van der Waals surface area (Å²) < 4.78 is 0. The summed E-state index contributed by atoms with van der Waals surface area (Å²) in [5.41, 5.74) is 1.14. The molecule has 0 heterocycles. The van der Waals surface area contributed by atoms with Crippen LogP contribution in [-0.2, 0) is 6.42 Å². The molecular weight excluding hydrogens is 377 g/mol. The highest BCUT2D eigenvalue weighted by Gasteiger charge is 2.21. The SMILES string of the molecule is CCNC(=NCC(O)Cc1ccccc1)NCC1CC1.I. The van der Waals surface area contributed by atoms with E-state index in [1.807, 2.05) is 30.3 Å². The lowest BCUT2D eigenvalue weighted by atomic mass is 10.1. The maximum absolute atomic E-state index is 10.0. The van der Waals surface area contributed by atoms with Crippen molar-refractivity contribution in [3.63, 3.8) is 0 Å². The van der Waals surface area contributed by atoms with Crippen LogP contribution in [0.1, 0.15) is 25.3 Å². The minimum absolute atomic E-state index is 0. The van der Waals surface area contributed by atoms with E-state index >= 15 is 0 Å². The van der Waals surface area contributed by atoms with Crippen molar-refractivity contribution in [1.29, 1.82) is 0 Å². The minimum atomic E-state index is -0.436. The molecule has 0 spiro atoms. The van der Waals surface area contributed by atoms with E-state index in [1.165, 1.54) is 12.8 Å². The molecule has 0 saturated heterocycles. The van der Waals surface area contributed by atoms with Crippen LogP contribution in [0, 0.1) is 5.92 Å². The second-order valence-corrected chi connectivity index (χ2v) is 5.39. The molecule has 1 aliphatic rings. The molecule has 0 aromatic heterocycles. The van der Waals surface area contributed by atoms with E-state index < -0.39 is 6.10 Å². The number of halogens is 1. The second kappa shape index (κ2) is 10.00. The average Bonchev–Trinajstić information content (AvgIpc) is 3.27. The first-order chi connectivity index (χ1) is 9.78. The van der Waals surface area contributed by atoms with Crippen molar-refractivity contribution in [3.8, 4) is 0 Å². The van der Waals surface area contributed by atoms with Crippen LogP contribution in [0.25, 0.3) is 0 Å². The summed E-state index contributed by atoms with van der Waals surface area (Å²) in [5.74, 6) is 1.62. The summed E-state index contributed by atoms with van der Waals surface area (Å²) in [6.07, 6.45) is 2.85. The summed E-state index contributed by atoms with van der Waals surface area (Å²) >= 11 is 0. The zero-order valence-electron chi connectivity index (χ0n) is 12.6. The zero-order valence-corrected chi connectivity index (χ0v) is 14.9. The standard InChI is InChI=1S/C16H25N3O.HI/c1-2-17-16(18-11-14-8-9-14)19-12-15(20)10-13-6-4-3-5-7-13;/h3-7,14-15,20H,2,8-12H2,1H3,(H2,17,18,19);1H. The van der Waals surface area contributed by atoms with Gasteiger partial charge in [0.25, 0.3) is 0 Å². The number of rotatable bonds is 7. The molecule has 0 bridgehead atoms. The fourth-order valence-corrected chi connectivity index (χ4v) is 2.05. The quantitative estimate of drug-likeness (QED) is 0.372. The normalized spacial score (nSPS) is 16.0. The molecule has 5 heteroatoms. The van der Waals surface area contributed by atoms with Crippen LogP contribution in [0.4, 0.5) is 0 Å². The van der Waals surface area contributed by atoms with E-state index in [0.29, 0.717) is 13.0 Å². The van der Waals surface area contributed by atoms with E-state index in [4.69, 9.17) is 0 Å². The maximum atomic E-state index is 10.0. The number of benzene rings is 1. The number of guanidine groups is 1. The van der Waals surface area contributed by atoms with Gasteiger partial charge in [-0.1, -0.05) is 30.3 Å². The first kappa shape index (κ1) is 18.2. The van der Waals surface area contributed by atoms with Gasteiger partial charge < -0.3 is 15.7 Å². The molecule has 1 unspecified atom stereocenters. The third kappa shape index (κ3) is 7.66. The van der Waals surface area contributed by atoms with Crippen LogP contribution < -0.4 is 10.6 Å². The molecule has 1 aromatic rings. The van der Waals surface area contributed by atoms with Crippen molar-refractivity contribution < 1.29 is 5.11 Å². The van der Waals surface area contributed by atoms with Crippen LogP contribution in [0.15, 0.2) is 35.3 Å². The molecule has 118 valence electrons. The van der Waals surface area contributed by atoms with Crippen LogP contribution in [-0.4, -0.2) is 36.8 Å². The van der Waals surface area contributed by atoms with E-state index in [0.717, 1.165) is 30.5 Å². The van der Waals surface area contributed by atoms with E-state index in [9.17, 15) is 5.11 Å². The lowest BCUT2D eigenvalue weighted by Crippen LogP contribution is -2.39. The Bertz CT molecular complexity index is 421. The average molecular weight is 403 g/mol. The van der Waals surface area contributed by atoms with Crippen LogP contribution in [0.2, 0.25) is 0 Å². The molecule has 2 rings (SSSR count). The van der Waals surface area contributed by atoms with Gasteiger partial charge in [-0.15, -0.1) is 24.0 Å². The Morgan fingerprint density at radius 2 is 2.00 bits per heavy atom. The molecule has 1 aromatic carbocycles. The van der Waals surface area contributed by atoms with Crippen LogP contribution in [0.5, 0.6) is 0 Å². The molecule has 4 nitrogen and oxygen atoms in total. The van der Waals surface area contributed by atoms with Gasteiger partial charge in [-0.3, -0.25) is 4.99 Å². The number of hydrogen-bond acceptors (Lipinski definition) is 2. The van der Waals surface area contributed by atoms with Gasteiger partial charge >= 0.3 is 0 Å². The van der Waals surface area contributed by atoms with E-state index in [2.05, 4.69) is 22.5 Å². The van der Waals surface area contributed by atoms with Crippen molar-refractivity contribution in [2.75, 3.05) is 19.6 Å². The Balaban J connectivity index is 0.00000220. The predicted octanol–water partition coefficient (Wildman–Crippen LogP) is 2.17. The molecule has 0 radical (unpaired) electrons. The fourth-order valence-electron chi connectivity index (χ4n) is 2.05. The van der Waals surface area contributed by atoms with E-state index in [-0.39, 0.29) is 24.0 Å². The Labute approximate surface area is 144 Å². The summed E-state index contributed by atoms with van der Waals surface area (Å²) in [5, 5.41) is 16.6. The van der Waals surface area contributed by atoms with Crippen LogP contribution in [0.3, 0.4) is 0 Å². The Hall–Kier alpha value is -0.820. The van der Waals surface area contributed by atoms with Crippen LogP contribution >= 0.6 is 24.0 Å². The Morgan fingerprint density at radius 1 is 1.29 bits per heavy atom. The van der Waals surface area contributed by atoms with Crippen molar-refractivity contribution >= 4 is 29.9 Å². The lowest BCUT2D eigenvalue weighted by molar-refractivity contribution is 0.183. The monoisotopic (exact) mass is 403 g/mol. The fraction of sp³-hybridized carbons (Fsp3) is 0.562. The number of nitrogens with one attached hydrogen (secondary N) is 2. The summed E-state index contributed by atoms with van der Waals surface area (Å²) in [6, 6.07) is 10.0. The highest BCUT2D eigenvalue weighted by molar-refractivity contribution is 14.0. The largest absolute Gasteiger partial charge is 0.391 e. The van der Waals surface area contributed by atoms with E-state index in [1.54, 1.807) is 0 Å². The van der Waals surface area contributed by atoms with Gasteiger partial charge in [-0.25, -0.2) is 0 Å². The molecule has 3 N–H and O–H groups in total. The maximum Gasteiger partial charge on any atom is 0.191 e. The molecule has 1 atom stereocenters. The topological polar surface area (TPSA) is 56.7 Å². The van der Waals surface area contributed by atoms with Gasteiger partial charge in [-0.2, -0.15) is 0 Å². The number of aliphatic imine (C=N–C) groups is 1. The van der Waals surface area contributed by atoms with Gasteiger partial charge in [0.15, 0.2) is 5.96 Å². The Morgan fingerprint density at radius 3 is 2.62 bits per heavy atom. The van der Waals surface area contributed by atoms with Gasteiger partial charge in [-0.05, 0) is 31.2 Å². The highest BCUT2D eigenvalue weighted by atomic mass is 127. The minimum Gasteiger partial charge on any atom is -0.391 e. The summed E-state index contributed by atoms with van der Waals surface area (Å²) in [7, 11) is 0. The number of aliphatic hydroxyl groups excluding tert-OH is 1. The molecule has 1 saturated carbocycles. The van der Waals surface area contributed by atoms with Crippen molar-refractivity contribution in [1.82, 2.24) is 10.6 Å². The predicted molar refractivity (Wildman–Crippen MR) is 98.3 cm³/mol.